The third kappa shape index (κ3) is 3.56. The Morgan fingerprint density at radius 1 is 0.643 bits per heavy atom. The van der Waals surface area contributed by atoms with Crippen LogP contribution in [0.5, 0.6) is 0 Å². The normalized spacial score (nSPS) is 17.3. The molecule has 0 amide bonds. The zero-order valence-corrected chi connectivity index (χ0v) is 22.4. The molecule has 200 valence electrons. The highest BCUT2D eigenvalue weighted by Crippen LogP contribution is 2.42. The van der Waals surface area contributed by atoms with Gasteiger partial charge in [0.25, 0.3) is 0 Å². The van der Waals surface area contributed by atoms with Gasteiger partial charge in [0, 0.05) is 21.7 Å². The molecule has 4 heterocycles. The lowest BCUT2D eigenvalue weighted by Gasteiger charge is -2.44. The van der Waals surface area contributed by atoms with E-state index < -0.39 is 12.3 Å². The molecular formula is C36H23N4O2-. The average molecular weight is 544 g/mol. The van der Waals surface area contributed by atoms with E-state index in [1.807, 2.05) is 78.9 Å². The Morgan fingerprint density at radius 3 is 2.31 bits per heavy atom. The second-order valence-electron chi connectivity index (χ2n) is 10.6. The van der Waals surface area contributed by atoms with Crippen molar-refractivity contribution < 1.29 is 8.83 Å². The molecule has 2 atom stereocenters. The van der Waals surface area contributed by atoms with Crippen LogP contribution in [-0.4, -0.2) is 10.8 Å². The Hall–Kier alpha value is -5.46. The zero-order chi connectivity index (χ0) is 27.6. The third-order valence-corrected chi connectivity index (χ3v) is 8.07. The van der Waals surface area contributed by atoms with Crippen LogP contribution in [0.1, 0.15) is 29.0 Å². The lowest BCUT2D eigenvalue weighted by atomic mass is 10.0. The van der Waals surface area contributed by atoms with E-state index in [4.69, 9.17) is 24.1 Å². The van der Waals surface area contributed by atoms with Gasteiger partial charge >= 0.3 is 0 Å². The van der Waals surface area contributed by atoms with Crippen molar-refractivity contribution in [1.82, 2.24) is 10.3 Å². The molecule has 0 saturated heterocycles. The van der Waals surface area contributed by atoms with Gasteiger partial charge in [-0.25, -0.2) is 4.98 Å². The number of benzene rings is 5. The van der Waals surface area contributed by atoms with E-state index in [-0.39, 0.29) is 0 Å². The highest BCUT2D eigenvalue weighted by molar-refractivity contribution is 6.18. The van der Waals surface area contributed by atoms with Crippen LogP contribution in [0.15, 0.2) is 135 Å². The molecular weight excluding hydrogens is 520 g/mol. The smallest absolute Gasteiger partial charge is 0.154 e. The van der Waals surface area contributed by atoms with E-state index in [9.17, 15) is 0 Å². The lowest BCUT2D eigenvalue weighted by Crippen LogP contribution is -2.34. The SMILES string of the molecule is c1ccc(C2N=C(c3cccc4oc5ccccc5c34)NC(c3cccc4oc5cc6ccccc6nc5c34)[N-]2)cc1. The fourth-order valence-electron chi connectivity index (χ4n) is 6.15. The number of nitrogens with one attached hydrogen (secondary N) is 1. The number of hydrogen-bond acceptors (Lipinski definition) is 5. The van der Waals surface area contributed by atoms with Crippen LogP contribution >= 0.6 is 0 Å². The number of fused-ring (bicyclic) bond motifs is 7. The summed E-state index contributed by atoms with van der Waals surface area (Å²) in [5.74, 6) is 0.768. The van der Waals surface area contributed by atoms with Gasteiger partial charge in [-0.1, -0.05) is 91.0 Å². The predicted molar refractivity (Wildman–Crippen MR) is 168 cm³/mol. The fraction of sp³-hybridized carbons (Fsp3) is 0.0556. The number of nitrogens with zero attached hydrogens (tertiary/aromatic N) is 3. The summed E-state index contributed by atoms with van der Waals surface area (Å²) in [6.07, 6.45) is -0.794. The summed E-state index contributed by atoms with van der Waals surface area (Å²) in [7, 11) is 0. The van der Waals surface area contributed by atoms with E-state index in [0.29, 0.717) is 0 Å². The van der Waals surface area contributed by atoms with Gasteiger partial charge in [0.05, 0.1) is 10.9 Å². The summed E-state index contributed by atoms with van der Waals surface area (Å²) in [6, 6.07) is 40.8. The van der Waals surface area contributed by atoms with E-state index in [0.717, 1.165) is 77.4 Å². The van der Waals surface area contributed by atoms with Crippen molar-refractivity contribution in [2.24, 2.45) is 4.99 Å². The van der Waals surface area contributed by atoms with Crippen molar-refractivity contribution in [1.29, 1.82) is 0 Å². The van der Waals surface area contributed by atoms with Crippen LogP contribution in [0, 0.1) is 0 Å². The van der Waals surface area contributed by atoms with Gasteiger partial charge in [-0.2, -0.15) is 0 Å². The number of furan rings is 2. The van der Waals surface area contributed by atoms with E-state index in [1.165, 1.54) is 0 Å². The summed E-state index contributed by atoms with van der Waals surface area (Å²) in [5, 5.41) is 13.0. The quantitative estimate of drug-likeness (QED) is 0.241. The van der Waals surface area contributed by atoms with Gasteiger partial charge in [0.15, 0.2) is 5.58 Å². The molecule has 0 aliphatic carbocycles. The molecule has 0 radical (unpaired) electrons. The first-order chi connectivity index (χ1) is 20.8. The van der Waals surface area contributed by atoms with Gasteiger partial charge in [-0.3, -0.25) is 4.99 Å². The van der Waals surface area contributed by atoms with Crippen molar-refractivity contribution in [3.8, 4) is 0 Å². The number of aromatic nitrogens is 1. The number of para-hydroxylation sites is 2. The van der Waals surface area contributed by atoms with E-state index >= 15 is 0 Å². The van der Waals surface area contributed by atoms with Crippen LogP contribution in [0.4, 0.5) is 0 Å². The number of aliphatic imine (C=N–C) groups is 1. The van der Waals surface area contributed by atoms with Gasteiger partial charge in [0.1, 0.15) is 28.1 Å². The van der Waals surface area contributed by atoms with E-state index in [1.54, 1.807) is 0 Å². The van der Waals surface area contributed by atoms with Crippen molar-refractivity contribution in [2.75, 3.05) is 0 Å². The molecule has 1 aliphatic heterocycles. The predicted octanol–water partition coefficient (Wildman–Crippen LogP) is 9.15. The Morgan fingerprint density at radius 2 is 1.38 bits per heavy atom. The molecule has 0 spiro atoms. The Kier molecular flexibility index (Phi) is 5.00. The largest absolute Gasteiger partial charge is 0.613 e. The van der Waals surface area contributed by atoms with E-state index in [2.05, 4.69) is 47.8 Å². The topological polar surface area (TPSA) is 77.7 Å². The van der Waals surface area contributed by atoms with Gasteiger partial charge in [-0.15, -0.1) is 0 Å². The maximum absolute atomic E-state index is 6.34. The lowest BCUT2D eigenvalue weighted by molar-refractivity contribution is 0.633. The van der Waals surface area contributed by atoms with Gasteiger partial charge in [-0.05, 0) is 53.8 Å². The Balaban J connectivity index is 1.26. The van der Waals surface area contributed by atoms with Crippen molar-refractivity contribution >= 4 is 60.7 Å². The summed E-state index contributed by atoms with van der Waals surface area (Å²) in [5.41, 5.74) is 7.98. The molecule has 42 heavy (non-hydrogen) atoms. The summed E-state index contributed by atoms with van der Waals surface area (Å²) < 4.78 is 12.5. The summed E-state index contributed by atoms with van der Waals surface area (Å²) in [6.45, 7) is 0. The monoisotopic (exact) mass is 543 g/mol. The molecule has 3 aromatic heterocycles. The van der Waals surface area contributed by atoms with Crippen LogP contribution in [0.3, 0.4) is 0 Å². The van der Waals surface area contributed by atoms with Crippen LogP contribution in [0.2, 0.25) is 0 Å². The molecule has 0 fully saturated rings. The van der Waals surface area contributed by atoms with Crippen molar-refractivity contribution in [3.05, 3.63) is 143 Å². The Labute approximate surface area is 240 Å². The first-order valence-electron chi connectivity index (χ1n) is 14.0. The number of pyridine rings is 1. The highest BCUT2D eigenvalue weighted by Gasteiger charge is 2.23. The molecule has 1 aliphatic rings. The third-order valence-electron chi connectivity index (χ3n) is 8.07. The standard InChI is InChI=1S/C36H23N4O2/c1-2-10-21(11-3-1)34-38-35(24-14-8-18-28-31(24)23-13-5-7-17-27(23)41-28)40-36(39-34)25-15-9-19-29-32(25)33-30(42-29)20-22-12-4-6-16-26(22)37-33/h1-20,34,36H,(H,38,40)/q-1. The van der Waals surface area contributed by atoms with Crippen LogP contribution in [-0.2, 0) is 0 Å². The molecule has 0 bridgehead atoms. The zero-order valence-electron chi connectivity index (χ0n) is 22.4. The van der Waals surface area contributed by atoms with Crippen molar-refractivity contribution in [3.63, 3.8) is 0 Å². The number of hydrogen-bond donors (Lipinski definition) is 1. The first-order valence-corrected chi connectivity index (χ1v) is 14.0. The minimum absolute atomic E-state index is 0.395. The minimum atomic E-state index is -0.400. The number of amidine groups is 1. The average Bonchev–Trinajstić information content (AvgIpc) is 3.61. The summed E-state index contributed by atoms with van der Waals surface area (Å²) >= 11 is 0. The first kappa shape index (κ1) is 23.3. The second-order valence-corrected chi connectivity index (χ2v) is 10.6. The second kappa shape index (κ2) is 9.03. The molecule has 8 aromatic rings. The number of rotatable bonds is 3. The molecule has 0 saturated carbocycles. The molecule has 1 N–H and O–H groups in total. The molecule has 6 heteroatoms. The van der Waals surface area contributed by atoms with Crippen molar-refractivity contribution in [2.45, 2.75) is 12.3 Å². The van der Waals surface area contributed by atoms with Crippen LogP contribution in [0.25, 0.3) is 60.2 Å². The molecule has 5 aromatic carbocycles. The van der Waals surface area contributed by atoms with Gasteiger partial charge < -0.3 is 19.5 Å². The fourth-order valence-corrected chi connectivity index (χ4v) is 6.15. The summed E-state index contributed by atoms with van der Waals surface area (Å²) in [4.78, 5) is 10.2. The maximum atomic E-state index is 6.34. The minimum Gasteiger partial charge on any atom is -0.613 e. The van der Waals surface area contributed by atoms with Crippen LogP contribution < -0.4 is 5.32 Å². The highest BCUT2D eigenvalue weighted by atomic mass is 16.3. The Bertz CT molecular complexity index is 2330. The van der Waals surface area contributed by atoms with Gasteiger partial charge in [0.2, 0.25) is 0 Å². The molecule has 9 rings (SSSR count). The molecule has 2 unspecified atom stereocenters. The molecule has 6 nitrogen and oxygen atoms in total. The maximum Gasteiger partial charge on any atom is 0.154 e.